The Kier molecular flexibility index (Phi) is 3.76. The predicted molar refractivity (Wildman–Crippen MR) is 82.9 cm³/mol. The Hall–Kier alpha value is -1.02. The van der Waals surface area contributed by atoms with Gasteiger partial charge in [0.15, 0.2) is 0 Å². The molecule has 1 aliphatic heterocycles. The van der Waals surface area contributed by atoms with Crippen molar-refractivity contribution in [1.29, 1.82) is 0 Å². The highest BCUT2D eigenvalue weighted by Crippen LogP contribution is 2.45. The van der Waals surface area contributed by atoms with Crippen LogP contribution in [-0.2, 0) is 12.0 Å². The Morgan fingerprint density at radius 3 is 2.95 bits per heavy atom. The molecule has 1 aliphatic carbocycles. The Labute approximate surface area is 122 Å². The first kappa shape index (κ1) is 13.9. The van der Waals surface area contributed by atoms with Gasteiger partial charge in [-0.1, -0.05) is 44.9 Å². The van der Waals surface area contributed by atoms with Gasteiger partial charge in [-0.05, 0) is 43.1 Å². The molecule has 0 amide bonds. The summed E-state index contributed by atoms with van der Waals surface area (Å²) in [4.78, 5) is 0. The van der Waals surface area contributed by atoms with Gasteiger partial charge in [0.1, 0.15) is 5.75 Å². The SMILES string of the molecule is CC(C)C1CCCC(N)(c2cccc3c2OCCC3)C1. The van der Waals surface area contributed by atoms with E-state index in [0.717, 1.165) is 49.9 Å². The van der Waals surface area contributed by atoms with E-state index in [4.69, 9.17) is 10.5 Å². The van der Waals surface area contributed by atoms with Crippen molar-refractivity contribution in [1.82, 2.24) is 0 Å². The van der Waals surface area contributed by atoms with Gasteiger partial charge < -0.3 is 10.5 Å². The van der Waals surface area contributed by atoms with Gasteiger partial charge in [0.2, 0.25) is 0 Å². The van der Waals surface area contributed by atoms with E-state index in [2.05, 4.69) is 32.0 Å². The van der Waals surface area contributed by atoms with Crippen molar-refractivity contribution in [2.24, 2.45) is 17.6 Å². The first-order valence-corrected chi connectivity index (χ1v) is 8.14. The molecule has 0 radical (unpaired) electrons. The number of ether oxygens (including phenoxy) is 1. The van der Waals surface area contributed by atoms with Crippen LogP contribution in [0.2, 0.25) is 0 Å². The second-order valence-electron chi connectivity index (χ2n) is 7.00. The maximum Gasteiger partial charge on any atom is 0.127 e. The number of nitrogens with two attached hydrogens (primary N) is 1. The van der Waals surface area contributed by atoms with Gasteiger partial charge in [0.05, 0.1) is 6.61 Å². The molecule has 1 aromatic carbocycles. The van der Waals surface area contributed by atoms with E-state index in [-0.39, 0.29) is 5.54 Å². The first-order valence-electron chi connectivity index (χ1n) is 8.14. The van der Waals surface area contributed by atoms with E-state index in [9.17, 15) is 0 Å². The van der Waals surface area contributed by atoms with Crippen LogP contribution in [0.15, 0.2) is 18.2 Å². The normalized spacial score (nSPS) is 29.9. The average molecular weight is 273 g/mol. The van der Waals surface area contributed by atoms with Crippen LogP contribution in [0.5, 0.6) is 5.75 Å². The van der Waals surface area contributed by atoms with Crippen molar-refractivity contribution in [2.45, 2.75) is 57.9 Å². The van der Waals surface area contributed by atoms with E-state index >= 15 is 0 Å². The molecule has 0 saturated heterocycles. The molecule has 2 nitrogen and oxygen atoms in total. The van der Waals surface area contributed by atoms with Gasteiger partial charge in [-0.3, -0.25) is 0 Å². The third kappa shape index (κ3) is 2.46. The third-order valence-corrected chi connectivity index (χ3v) is 5.24. The number of aryl methyl sites for hydroxylation is 1. The van der Waals surface area contributed by atoms with Crippen LogP contribution in [-0.4, -0.2) is 6.61 Å². The molecule has 2 aliphatic rings. The minimum atomic E-state index is -0.185. The standard InChI is InChI=1S/C18H27NO/c1-13(2)15-7-4-10-18(19,12-15)16-9-3-6-14-8-5-11-20-17(14)16/h3,6,9,13,15H,4-5,7-8,10-12,19H2,1-2H3. The quantitative estimate of drug-likeness (QED) is 0.883. The minimum Gasteiger partial charge on any atom is -0.493 e. The number of rotatable bonds is 2. The van der Waals surface area contributed by atoms with Gasteiger partial charge in [0, 0.05) is 11.1 Å². The molecule has 20 heavy (non-hydrogen) atoms. The molecule has 110 valence electrons. The molecule has 3 rings (SSSR count). The van der Waals surface area contributed by atoms with Crippen molar-refractivity contribution in [3.8, 4) is 5.75 Å². The van der Waals surface area contributed by atoms with Crippen molar-refractivity contribution in [3.63, 3.8) is 0 Å². The molecule has 0 aromatic heterocycles. The van der Waals surface area contributed by atoms with E-state index in [1.54, 1.807) is 0 Å². The Morgan fingerprint density at radius 2 is 2.15 bits per heavy atom. The van der Waals surface area contributed by atoms with Gasteiger partial charge >= 0.3 is 0 Å². The summed E-state index contributed by atoms with van der Waals surface area (Å²) in [6.07, 6.45) is 7.02. The fraction of sp³-hybridized carbons (Fsp3) is 0.667. The predicted octanol–water partition coefficient (Wildman–Crippen LogP) is 4.01. The summed E-state index contributed by atoms with van der Waals surface area (Å²) < 4.78 is 5.99. The molecule has 2 atom stereocenters. The fourth-order valence-corrected chi connectivity index (χ4v) is 3.95. The molecule has 1 fully saturated rings. The Balaban J connectivity index is 1.95. The molecule has 1 saturated carbocycles. The van der Waals surface area contributed by atoms with Crippen LogP contribution in [0.1, 0.15) is 57.1 Å². The number of para-hydroxylation sites is 1. The highest BCUT2D eigenvalue weighted by atomic mass is 16.5. The van der Waals surface area contributed by atoms with Gasteiger partial charge in [-0.2, -0.15) is 0 Å². The third-order valence-electron chi connectivity index (χ3n) is 5.24. The maximum atomic E-state index is 6.85. The lowest BCUT2D eigenvalue weighted by Crippen LogP contribution is -2.43. The van der Waals surface area contributed by atoms with Crippen LogP contribution in [0.25, 0.3) is 0 Å². The van der Waals surface area contributed by atoms with Crippen LogP contribution in [0.3, 0.4) is 0 Å². The monoisotopic (exact) mass is 273 g/mol. The molecule has 2 N–H and O–H groups in total. The average Bonchev–Trinajstić information content (AvgIpc) is 2.46. The van der Waals surface area contributed by atoms with Gasteiger partial charge in [-0.15, -0.1) is 0 Å². The Morgan fingerprint density at radius 1 is 1.30 bits per heavy atom. The largest absolute Gasteiger partial charge is 0.493 e. The molecular formula is C18H27NO. The topological polar surface area (TPSA) is 35.2 Å². The summed E-state index contributed by atoms with van der Waals surface area (Å²) in [5, 5.41) is 0. The molecule has 0 bridgehead atoms. The van der Waals surface area contributed by atoms with Crippen molar-refractivity contribution in [3.05, 3.63) is 29.3 Å². The van der Waals surface area contributed by atoms with Crippen LogP contribution in [0, 0.1) is 11.8 Å². The summed E-state index contributed by atoms with van der Waals surface area (Å²) in [6.45, 7) is 5.49. The fourth-order valence-electron chi connectivity index (χ4n) is 3.95. The van der Waals surface area contributed by atoms with Crippen LogP contribution in [0.4, 0.5) is 0 Å². The molecule has 2 heteroatoms. The highest BCUT2D eigenvalue weighted by Gasteiger charge is 2.38. The Bertz CT molecular complexity index is 482. The molecule has 2 unspecified atom stereocenters. The van der Waals surface area contributed by atoms with E-state index in [0.29, 0.717) is 0 Å². The zero-order chi connectivity index (χ0) is 14.2. The summed E-state index contributed by atoms with van der Waals surface area (Å²) >= 11 is 0. The highest BCUT2D eigenvalue weighted by molar-refractivity contribution is 5.46. The van der Waals surface area contributed by atoms with E-state index in [1.165, 1.54) is 24.0 Å². The smallest absolute Gasteiger partial charge is 0.127 e. The van der Waals surface area contributed by atoms with Crippen LogP contribution >= 0.6 is 0 Å². The molecular weight excluding hydrogens is 246 g/mol. The second kappa shape index (κ2) is 5.40. The zero-order valence-corrected chi connectivity index (χ0v) is 12.8. The molecule has 1 aromatic rings. The second-order valence-corrected chi connectivity index (χ2v) is 7.00. The van der Waals surface area contributed by atoms with Gasteiger partial charge in [0.25, 0.3) is 0 Å². The van der Waals surface area contributed by atoms with Crippen molar-refractivity contribution >= 4 is 0 Å². The summed E-state index contributed by atoms with van der Waals surface area (Å²) in [6, 6.07) is 6.56. The van der Waals surface area contributed by atoms with Crippen molar-refractivity contribution in [2.75, 3.05) is 6.61 Å². The summed E-state index contributed by atoms with van der Waals surface area (Å²) in [5.74, 6) is 2.57. The van der Waals surface area contributed by atoms with Gasteiger partial charge in [-0.25, -0.2) is 0 Å². The number of hydrogen-bond acceptors (Lipinski definition) is 2. The van der Waals surface area contributed by atoms with Crippen LogP contribution < -0.4 is 10.5 Å². The number of fused-ring (bicyclic) bond motifs is 1. The summed E-state index contributed by atoms with van der Waals surface area (Å²) in [5.41, 5.74) is 9.28. The minimum absolute atomic E-state index is 0.185. The number of hydrogen-bond donors (Lipinski definition) is 1. The first-order chi connectivity index (χ1) is 9.60. The molecule has 1 heterocycles. The van der Waals surface area contributed by atoms with Crippen molar-refractivity contribution < 1.29 is 4.74 Å². The van der Waals surface area contributed by atoms with E-state index < -0.39 is 0 Å². The zero-order valence-electron chi connectivity index (χ0n) is 12.8. The lowest BCUT2D eigenvalue weighted by atomic mass is 9.69. The lowest BCUT2D eigenvalue weighted by molar-refractivity contribution is 0.176. The molecule has 0 spiro atoms. The summed E-state index contributed by atoms with van der Waals surface area (Å²) in [7, 11) is 0. The maximum absolute atomic E-state index is 6.85. The lowest BCUT2D eigenvalue weighted by Gasteiger charge is -2.41. The number of benzene rings is 1. The van der Waals surface area contributed by atoms with E-state index in [1.807, 2.05) is 0 Å².